The van der Waals surface area contributed by atoms with Crippen LogP contribution >= 0.6 is 38.6 Å². The molecule has 1 aliphatic rings. The standard InChI is InChI=1S/C23H18BrN3O3S2/c1-30-23(29)17-15(11-5-7-13(24)8-6-11)10-31-22(17)27-20(28)19-18(25)14-9-12-3-2-4-16(12)26-21(14)32-19/h5-10H,2-4,25H2,1H3,(H,27,28). The first-order valence-corrected chi connectivity index (χ1v) is 12.4. The van der Waals surface area contributed by atoms with E-state index in [-0.39, 0.29) is 5.91 Å². The van der Waals surface area contributed by atoms with Gasteiger partial charge in [-0.1, -0.05) is 28.1 Å². The number of rotatable bonds is 4. The lowest BCUT2D eigenvalue weighted by atomic mass is 10.0. The molecule has 0 saturated carbocycles. The molecule has 0 spiro atoms. The molecule has 0 radical (unpaired) electrons. The number of benzene rings is 1. The fourth-order valence-corrected chi connectivity index (χ4v) is 6.13. The number of nitrogen functional groups attached to an aromatic ring is 1. The number of hydrogen-bond acceptors (Lipinski definition) is 7. The lowest BCUT2D eigenvalue weighted by molar-refractivity contribution is 0.0603. The number of halogens is 1. The van der Waals surface area contributed by atoms with Crippen LogP contribution in [-0.2, 0) is 17.6 Å². The molecule has 32 heavy (non-hydrogen) atoms. The fraction of sp³-hybridized carbons (Fsp3) is 0.174. The van der Waals surface area contributed by atoms with E-state index in [2.05, 4.69) is 27.3 Å². The van der Waals surface area contributed by atoms with E-state index >= 15 is 0 Å². The molecule has 5 rings (SSSR count). The Kier molecular flexibility index (Phi) is 5.48. The van der Waals surface area contributed by atoms with Gasteiger partial charge in [0.1, 0.15) is 20.3 Å². The number of amides is 1. The van der Waals surface area contributed by atoms with Crippen LogP contribution in [0.4, 0.5) is 10.7 Å². The predicted octanol–water partition coefficient (Wildman–Crippen LogP) is 5.90. The summed E-state index contributed by atoms with van der Waals surface area (Å²) in [5.41, 5.74) is 10.9. The maximum Gasteiger partial charge on any atom is 0.341 e. The molecule has 0 fully saturated rings. The highest BCUT2D eigenvalue weighted by atomic mass is 79.9. The van der Waals surface area contributed by atoms with Gasteiger partial charge >= 0.3 is 5.97 Å². The highest BCUT2D eigenvalue weighted by molar-refractivity contribution is 9.10. The molecule has 1 aliphatic carbocycles. The monoisotopic (exact) mass is 527 g/mol. The second-order valence-electron chi connectivity index (χ2n) is 7.45. The van der Waals surface area contributed by atoms with Gasteiger partial charge in [-0.15, -0.1) is 22.7 Å². The Morgan fingerprint density at radius 1 is 1.22 bits per heavy atom. The summed E-state index contributed by atoms with van der Waals surface area (Å²) in [4.78, 5) is 31.6. The molecule has 0 unspecified atom stereocenters. The van der Waals surface area contributed by atoms with Crippen LogP contribution in [0.1, 0.15) is 37.7 Å². The smallest absolute Gasteiger partial charge is 0.341 e. The normalized spacial score (nSPS) is 12.7. The van der Waals surface area contributed by atoms with Crippen molar-refractivity contribution >= 4 is 71.4 Å². The number of carbonyl (C=O) groups is 2. The van der Waals surface area contributed by atoms with Crippen molar-refractivity contribution in [2.75, 3.05) is 18.2 Å². The number of carbonyl (C=O) groups excluding carboxylic acids is 2. The van der Waals surface area contributed by atoms with Crippen LogP contribution in [0.3, 0.4) is 0 Å². The van der Waals surface area contributed by atoms with E-state index in [9.17, 15) is 9.59 Å². The van der Waals surface area contributed by atoms with E-state index in [4.69, 9.17) is 15.5 Å². The minimum absolute atomic E-state index is 0.324. The number of esters is 1. The van der Waals surface area contributed by atoms with Crippen molar-refractivity contribution in [3.63, 3.8) is 0 Å². The number of aryl methyl sites for hydroxylation is 2. The summed E-state index contributed by atoms with van der Waals surface area (Å²) >= 11 is 5.97. The molecule has 1 amide bonds. The molecule has 4 aromatic rings. The number of ether oxygens (including phenoxy) is 1. The second kappa shape index (κ2) is 8.31. The summed E-state index contributed by atoms with van der Waals surface area (Å²) in [6.45, 7) is 0. The molecule has 1 aromatic carbocycles. The molecular formula is C23H18BrN3O3S2. The number of nitrogens with two attached hydrogens (primary N) is 1. The largest absolute Gasteiger partial charge is 0.465 e. The van der Waals surface area contributed by atoms with Gasteiger partial charge in [-0.05, 0) is 48.6 Å². The summed E-state index contributed by atoms with van der Waals surface area (Å²) < 4.78 is 5.94. The minimum atomic E-state index is -0.512. The SMILES string of the molecule is COC(=O)c1c(-c2ccc(Br)cc2)csc1NC(=O)c1sc2nc3c(cc2c1N)CCC3. The van der Waals surface area contributed by atoms with Gasteiger partial charge in [0.15, 0.2) is 0 Å². The number of pyridine rings is 1. The lowest BCUT2D eigenvalue weighted by Gasteiger charge is -2.08. The fourth-order valence-electron chi connectivity index (χ4n) is 3.92. The van der Waals surface area contributed by atoms with E-state index in [1.54, 1.807) is 0 Å². The number of nitrogens with one attached hydrogen (secondary N) is 1. The zero-order chi connectivity index (χ0) is 22.4. The van der Waals surface area contributed by atoms with Gasteiger partial charge in [0.25, 0.3) is 5.91 Å². The minimum Gasteiger partial charge on any atom is -0.465 e. The van der Waals surface area contributed by atoms with Gasteiger partial charge in [0.2, 0.25) is 0 Å². The Morgan fingerprint density at radius 3 is 2.75 bits per heavy atom. The summed E-state index contributed by atoms with van der Waals surface area (Å²) in [6, 6.07) is 9.66. The molecule has 9 heteroatoms. The third-order valence-corrected chi connectivity index (χ3v) is 8.06. The van der Waals surface area contributed by atoms with Gasteiger partial charge < -0.3 is 15.8 Å². The van der Waals surface area contributed by atoms with E-state index in [0.29, 0.717) is 26.7 Å². The van der Waals surface area contributed by atoms with Crippen LogP contribution in [0.2, 0.25) is 0 Å². The van der Waals surface area contributed by atoms with Gasteiger partial charge in [-0.25, -0.2) is 9.78 Å². The van der Waals surface area contributed by atoms with E-state index in [1.165, 1.54) is 35.3 Å². The van der Waals surface area contributed by atoms with Gasteiger partial charge in [0.05, 0.1) is 12.8 Å². The lowest BCUT2D eigenvalue weighted by Crippen LogP contribution is -2.14. The average Bonchev–Trinajstić information content (AvgIpc) is 3.50. The van der Waals surface area contributed by atoms with Gasteiger partial charge in [0, 0.05) is 26.5 Å². The highest BCUT2D eigenvalue weighted by Gasteiger charge is 2.25. The molecular weight excluding hydrogens is 510 g/mol. The Labute approximate surface area is 200 Å². The summed E-state index contributed by atoms with van der Waals surface area (Å²) in [6.07, 6.45) is 3.05. The third-order valence-electron chi connectivity index (χ3n) is 5.52. The number of anilines is 2. The Balaban J connectivity index is 1.51. The Hall–Kier alpha value is -2.75. The number of hydrogen-bond donors (Lipinski definition) is 2. The topological polar surface area (TPSA) is 94.3 Å². The summed E-state index contributed by atoms with van der Waals surface area (Å²) in [5.74, 6) is -0.873. The van der Waals surface area contributed by atoms with Gasteiger partial charge in [-0.2, -0.15) is 0 Å². The van der Waals surface area contributed by atoms with Crippen molar-refractivity contribution in [1.82, 2.24) is 4.98 Å². The van der Waals surface area contributed by atoms with Crippen molar-refractivity contribution in [3.8, 4) is 11.1 Å². The molecule has 0 bridgehead atoms. The van der Waals surface area contributed by atoms with E-state index in [1.807, 2.05) is 29.6 Å². The number of fused-ring (bicyclic) bond motifs is 2. The van der Waals surface area contributed by atoms with Crippen LogP contribution in [0.15, 0.2) is 40.2 Å². The van der Waals surface area contributed by atoms with E-state index < -0.39 is 5.97 Å². The molecule has 0 aliphatic heterocycles. The first-order valence-electron chi connectivity index (χ1n) is 9.94. The maximum absolute atomic E-state index is 13.2. The third kappa shape index (κ3) is 3.60. The van der Waals surface area contributed by atoms with Crippen LogP contribution < -0.4 is 11.1 Å². The number of thiophene rings is 2. The molecule has 0 atom stereocenters. The van der Waals surface area contributed by atoms with Crippen molar-refractivity contribution in [2.45, 2.75) is 19.3 Å². The van der Waals surface area contributed by atoms with Gasteiger partial charge in [-0.3, -0.25) is 4.79 Å². The number of aromatic nitrogens is 1. The first-order chi connectivity index (χ1) is 15.5. The molecule has 0 saturated heterocycles. The molecule has 6 nitrogen and oxygen atoms in total. The molecule has 3 aromatic heterocycles. The predicted molar refractivity (Wildman–Crippen MR) is 133 cm³/mol. The van der Waals surface area contributed by atoms with Crippen molar-refractivity contribution in [3.05, 3.63) is 61.9 Å². The number of methoxy groups -OCH3 is 1. The zero-order valence-electron chi connectivity index (χ0n) is 17.0. The quantitative estimate of drug-likeness (QED) is 0.322. The summed E-state index contributed by atoms with van der Waals surface area (Å²) in [7, 11) is 1.33. The second-order valence-corrected chi connectivity index (χ2v) is 10.2. The average molecular weight is 528 g/mol. The zero-order valence-corrected chi connectivity index (χ0v) is 20.2. The van der Waals surface area contributed by atoms with Crippen LogP contribution in [0.25, 0.3) is 21.3 Å². The molecule has 162 valence electrons. The molecule has 3 N–H and O–H groups in total. The van der Waals surface area contributed by atoms with Crippen LogP contribution in [0, 0.1) is 0 Å². The Morgan fingerprint density at radius 2 is 2.00 bits per heavy atom. The van der Waals surface area contributed by atoms with Crippen LogP contribution in [0.5, 0.6) is 0 Å². The maximum atomic E-state index is 13.2. The Bertz CT molecular complexity index is 1380. The first kappa shape index (κ1) is 21.1. The number of nitrogens with zero attached hydrogens (tertiary/aromatic N) is 1. The highest BCUT2D eigenvalue weighted by Crippen LogP contribution is 2.39. The van der Waals surface area contributed by atoms with Crippen molar-refractivity contribution in [1.29, 1.82) is 0 Å². The molecule has 3 heterocycles. The van der Waals surface area contributed by atoms with Crippen molar-refractivity contribution in [2.24, 2.45) is 0 Å². The van der Waals surface area contributed by atoms with Crippen LogP contribution in [-0.4, -0.2) is 24.0 Å². The van der Waals surface area contributed by atoms with Crippen molar-refractivity contribution < 1.29 is 14.3 Å². The van der Waals surface area contributed by atoms with E-state index in [0.717, 1.165) is 45.2 Å². The summed E-state index contributed by atoms with van der Waals surface area (Å²) in [5, 5.41) is 5.95.